The van der Waals surface area contributed by atoms with Gasteiger partial charge in [-0.3, -0.25) is 14.6 Å². The number of likely N-dealkylation sites (tertiary alicyclic amines) is 2. The smallest absolute Gasteiger partial charge is 0.407 e. The van der Waals surface area contributed by atoms with Crippen LogP contribution in [0.2, 0.25) is 0 Å². The van der Waals surface area contributed by atoms with Gasteiger partial charge in [-0.2, -0.15) is 0 Å². The van der Waals surface area contributed by atoms with Crippen LogP contribution in [-0.4, -0.2) is 86.2 Å². The van der Waals surface area contributed by atoms with Gasteiger partial charge in [0.25, 0.3) is 0 Å². The van der Waals surface area contributed by atoms with Gasteiger partial charge >= 0.3 is 6.09 Å². The number of imidazole rings is 1. The molecule has 10 nitrogen and oxygen atoms in total. The Morgan fingerprint density at radius 2 is 1.67 bits per heavy atom. The molecule has 0 spiro atoms. The lowest BCUT2D eigenvalue weighted by Gasteiger charge is -2.31. The van der Waals surface area contributed by atoms with Gasteiger partial charge in [-0.05, 0) is 43.6 Å². The quantitative estimate of drug-likeness (QED) is 0.325. The Hall–Kier alpha value is -3.43. The van der Waals surface area contributed by atoms with Crippen molar-refractivity contribution < 1.29 is 19.1 Å². The first-order valence-corrected chi connectivity index (χ1v) is 18.8. The number of carbonyl (C=O) groups is 3. The SMILES string of the molecule is COC(=O)N[C@H](C(=O)N1CCC[C@H]1C1=NC=C(C#CC2=CC3SC(c4cnc([C@@H]5CCCN5C(=O)[C@@H](C)C(C)C)[nH]4)=CC3S2)C1)C(C)C. The van der Waals surface area contributed by atoms with E-state index in [0.29, 0.717) is 29.4 Å². The first kappa shape index (κ1) is 34.4. The van der Waals surface area contributed by atoms with Crippen LogP contribution in [0.25, 0.3) is 4.91 Å². The number of thioether (sulfide) groups is 2. The second-order valence-corrected chi connectivity index (χ2v) is 16.3. The molecule has 2 N–H and O–H groups in total. The number of hydrogen-bond donors (Lipinski definition) is 2. The number of rotatable bonds is 8. The van der Waals surface area contributed by atoms with Gasteiger partial charge in [0.15, 0.2) is 0 Å². The number of ether oxygens (including phenoxy) is 1. The third-order valence-electron chi connectivity index (χ3n) is 10.00. The molecule has 2 saturated heterocycles. The number of H-pyrrole nitrogens is 1. The molecular formula is C36H46N6O4S2. The molecule has 6 heterocycles. The highest BCUT2D eigenvalue weighted by molar-refractivity contribution is 8.12. The molecule has 0 saturated carbocycles. The van der Waals surface area contributed by atoms with Crippen LogP contribution in [0.15, 0.2) is 40.0 Å². The molecule has 48 heavy (non-hydrogen) atoms. The van der Waals surface area contributed by atoms with Crippen LogP contribution in [0, 0.1) is 29.6 Å². The van der Waals surface area contributed by atoms with Crippen LogP contribution >= 0.6 is 23.5 Å². The first-order valence-electron chi connectivity index (χ1n) is 17.1. The molecule has 0 bridgehead atoms. The van der Waals surface area contributed by atoms with Gasteiger partial charge in [0.2, 0.25) is 11.8 Å². The van der Waals surface area contributed by atoms with Crippen LogP contribution in [0.5, 0.6) is 0 Å². The number of aromatic amines is 1. The predicted octanol–water partition coefficient (Wildman–Crippen LogP) is 5.92. The predicted molar refractivity (Wildman–Crippen MR) is 192 cm³/mol. The summed E-state index contributed by atoms with van der Waals surface area (Å²) in [6.07, 6.45) is 12.0. The first-order chi connectivity index (χ1) is 23.0. The largest absolute Gasteiger partial charge is 0.453 e. The van der Waals surface area contributed by atoms with Crippen molar-refractivity contribution >= 4 is 52.0 Å². The van der Waals surface area contributed by atoms with E-state index in [4.69, 9.17) is 14.7 Å². The summed E-state index contributed by atoms with van der Waals surface area (Å²) in [4.78, 5) is 57.6. The van der Waals surface area contributed by atoms with Gasteiger partial charge in [0.1, 0.15) is 11.9 Å². The summed E-state index contributed by atoms with van der Waals surface area (Å²) in [7, 11) is 1.30. The number of methoxy groups -OCH3 is 1. The second kappa shape index (κ2) is 14.6. The lowest BCUT2D eigenvalue weighted by Crippen LogP contribution is -2.53. The molecule has 5 aliphatic rings. The lowest BCUT2D eigenvalue weighted by atomic mass is 9.96. The Labute approximate surface area is 292 Å². The minimum atomic E-state index is -0.646. The molecule has 0 radical (unpaired) electrons. The maximum absolute atomic E-state index is 13.5. The zero-order valence-electron chi connectivity index (χ0n) is 28.6. The van der Waals surface area contributed by atoms with E-state index in [1.165, 1.54) is 12.0 Å². The molecule has 12 heteroatoms. The van der Waals surface area contributed by atoms with Crippen molar-refractivity contribution in [2.24, 2.45) is 22.7 Å². The number of aromatic nitrogens is 2. The Morgan fingerprint density at radius 1 is 0.958 bits per heavy atom. The van der Waals surface area contributed by atoms with Crippen molar-refractivity contribution in [1.29, 1.82) is 0 Å². The molecule has 3 amide bonds. The number of hydrogen-bond acceptors (Lipinski definition) is 8. The molecule has 6 rings (SSSR count). The summed E-state index contributed by atoms with van der Waals surface area (Å²) in [6.45, 7) is 11.5. The van der Waals surface area contributed by atoms with Crippen molar-refractivity contribution in [2.45, 2.75) is 95.3 Å². The van der Waals surface area contributed by atoms with Crippen LogP contribution in [0.4, 0.5) is 4.79 Å². The normalized spacial score (nSPS) is 26.1. The summed E-state index contributed by atoms with van der Waals surface area (Å²) in [5, 5.41) is 3.33. The number of nitrogens with zero attached hydrogens (tertiary/aromatic N) is 4. The molecule has 6 atom stereocenters. The number of allylic oxidation sites excluding steroid dienone is 2. The minimum absolute atomic E-state index is 0.00215. The monoisotopic (exact) mass is 690 g/mol. The van der Waals surface area contributed by atoms with Crippen molar-refractivity contribution in [2.75, 3.05) is 20.2 Å². The Balaban J connectivity index is 1.02. The molecular weight excluding hydrogens is 645 g/mol. The van der Waals surface area contributed by atoms with E-state index < -0.39 is 12.1 Å². The molecule has 5 aliphatic heterocycles. The van der Waals surface area contributed by atoms with Gasteiger partial charge in [-0.15, -0.1) is 23.5 Å². The number of carbonyl (C=O) groups excluding carboxylic acids is 3. The van der Waals surface area contributed by atoms with E-state index in [1.807, 2.05) is 54.7 Å². The summed E-state index contributed by atoms with van der Waals surface area (Å²) in [5.41, 5.74) is 2.92. The Morgan fingerprint density at radius 3 is 2.35 bits per heavy atom. The zero-order valence-corrected chi connectivity index (χ0v) is 30.2. The third-order valence-corrected chi connectivity index (χ3v) is 12.7. The van der Waals surface area contributed by atoms with Crippen LogP contribution in [-0.2, 0) is 14.3 Å². The van der Waals surface area contributed by atoms with Crippen molar-refractivity contribution in [1.82, 2.24) is 25.1 Å². The van der Waals surface area contributed by atoms with Gasteiger partial charge in [0, 0.05) is 58.3 Å². The maximum atomic E-state index is 13.5. The Bertz CT molecular complexity index is 1630. The fraction of sp³-hybridized carbons (Fsp3) is 0.583. The van der Waals surface area contributed by atoms with Gasteiger partial charge in [0.05, 0.1) is 36.0 Å². The highest BCUT2D eigenvalue weighted by atomic mass is 32.2. The summed E-state index contributed by atoms with van der Waals surface area (Å²) >= 11 is 3.62. The number of aliphatic imine (C=N–C) groups is 1. The molecule has 256 valence electrons. The maximum Gasteiger partial charge on any atom is 0.407 e. The lowest BCUT2D eigenvalue weighted by molar-refractivity contribution is -0.137. The van der Waals surface area contributed by atoms with E-state index in [-0.39, 0.29) is 35.7 Å². The van der Waals surface area contributed by atoms with Gasteiger partial charge in [-0.25, -0.2) is 9.78 Å². The fourth-order valence-corrected chi connectivity index (χ4v) is 9.62. The van der Waals surface area contributed by atoms with Crippen molar-refractivity contribution in [3.63, 3.8) is 0 Å². The van der Waals surface area contributed by atoms with E-state index in [0.717, 1.165) is 59.9 Å². The van der Waals surface area contributed by atoms with Crippen molar-refractivity contribution in [3.05, 3.63) is 46.5 Å². The summed E-state index contributed by atoms with van der Waals surface area (Å²) in [5.74, 6) is 7.98. The number of amides is 3. The molecule has 2 fully saturated rings. The summed E-state index contributed by atoms with van der Waals surface area (Å²) in [6, 6.07) is -0.716. The standard InChI is InChI=1S/C36H46N6O4S2/c1-20(2)22(5)34(43)42-14-8-10-28(42)33-38-19-26(39-33)29-17-31-30(48-29)16-24(47-31)12-11-23-15-25(37-18-23)27-9-7-13-41(27)35(44)32(21(3)4)40-36(45)46-6/h16-22,27-28,30-32H,7-10,13-15H2,1-6H3,(H,38,39)(H,40,45)/t22-,27-,28-,30?,31?,32-/m0/s1. The van der Waals surface area contributed by atoms with E-state index in [2.05, 4.69) is 48.1 Å². The number of nitrogens with one attached hydrogen (secondary N) is 2. The molecule has 1 aromatic rings. The number of alkyl carbamates (subject to hydrolysis) is 1. The molecule has 0 aliphatic carbocycles. The van der Waals surface area contributed by atoms with E-state index in [1.54, 1.807) is 11.8 Å². The minimum Gasteiger partial charge on any atom is -0.453 e. The van der Waals surface area contributed by atoms with Gasteiger partial charge in [-0.1, -0.05) is 52.5 Å². The van der Waals surface area contributed by atoms with Gasteiger partial charge < -0.3 is 24.8 Å². The van der Waals surface area contributed by atoms with Crippen LogP contribution in [0.3, 0.4) is 0 Å². The summed E-state index contributed by atoms with van der Waals surface area (Å²) < 4.78 is 4.75. The molecule has 2 unspecified atom stereocenters. The average Bonchev–Trinajstić information content (AvgIpc) is 3.90. The zero-order chi connectivity index (χ0) is 34.1. The van der Waals surface area contributed by atoms with Crippen LogP contribution in [0.1, 0.15) is 84.3 Å². The topological polar surface area (TPSA) is 120 Å². The number of fused-ring (bicyclic) bond motifs is 1. The van der Waals surface area contributed by atoms with Crippen molar-refractivity contribution in [3.8, 4) is 11.8 Å². The van der Waals surface area contributed by atoms with Crippen LogP contribution < -0.4 is 5.32 Å². The average molecular weight is 691 g/mol. The Kier molecular flexibility index (Phi) is 10.5. The third kappa shape index (κ3) is 7.13. The van der Waals surface area contributed by atoms with E-state index in [9.17, 15) is 14.4 Å². The van der Waals surface area contributed by atoms with E-state index >= 15 is 0 Å². The highest BCUT2D eigenvalue weighted by Gasteiger charge is 2.39. The molecule has 0 aromatic carbocycles. The second-order valence-electron chi connectivity index (χ2n) is 13.9. The highest BCUT2D eigenvalue weighted by Crippen LogP contribution is 2.50. The fourth-order valence-electron chi connectivity index (χ4n) is 6.90. The molecule has 1 aromatic heterocycles.